The fourth-order valence-corrected chi connectivity index (χ4v) is 0.926. The molecule has 1 atom stereocenters. The van der Waals surface area contributed by atoms with Crippen LogP contribution in [0.3, 0.4) is 0 Å². The van der Waals surface area contributed by atoms with E-state index >= 15 is 0 Å². The van der Waals surface area contributed by atoms with Crippen molar-refractivity contribution in [2.75, 3.05) is 7.05 Å². The van der Waals surface area contributed by atoms with E-state index in [2.05, 4.69) is 0 Å². The number of halogens is 2. The number of rotatable bonds is 2. The summed E-state index contributed by atoms with van der Waals surface area (Å²) < 4.78 is 24.1. The summed E-state index contributed by atoms with van der Waals surface area (Å²) in [7, 11) is 1.41. The molecule has 0 aliphatic heterocycles. The maximum Gasteiger partial charge on any atom is 0.315 e. The summed E-state index contributed by atoms with van der Waals surface area (Å²) in [6, 6.07) is -0.200. The maximum atomic E-state index is 12.0. The predicted octanol–water partition coefficient (Wildman–Crippen LogP) is 2.14. The highest BCUT2D eigenvalue weighted by atomic mass is 19.3. The minimum absolute atomic E-state index is 0.181. The summed E-state index contributed by atoms with van der Waals surface area (Å²) in [6.07, 6.45) is -2.91. The van der Waals surface area contributed by atoms with Crippen molar-refractivity contribution >= 4 is 5.91 Å². The normalized spacial score (nSPS) is 14.5. The Morgan fingerprint density at radius 3 is 1.92 bits per heavy atom. The Bertz CT molecular complexity index is 187. The molecule has 0 radical (unpaired) electrons. The number of alkyl halides is 2. The van der Waals surface area contributed by atoms with E-state index < -0.39 is 12.3 Å². The van der Waals surface area contributed by atoms with Crippen LogP contribution >= 0.6 is 0 Å². The Morgan fingerprint density at radius 2 is 1.69 bits per heavy atom. The fourth-order valence-electron chi connectivity index (χ4n) is 0.926. The SMILES string of the molecule is CC(N(C)C(=O)C(F)F)C(C)(C)C. The van der Waals surface area contributed by atoms with Gasteiger partial charge in [-0.2, -0.15) is 8.78 Å². The molecule has 0 saturated carbocycles. The van der Waals surface area contributed by atoms with Gasteiger partial charge in [0.25, 0.3) is 5.91 Å². The van der Waals surface area contributed by atoms with E-state index in [0.29, 0.717) is 0 Å². The second-order valence-electron chi connectivity index (χ2n) is 4.29. The minimum Gasteiger partial charge on any atom is -0.338 e. The molecule has 0 aromatic carbocycles. The van der Waals surface area contributed by atoms with E-state index in [1.165, 1.54) is 7.05 Å². The van der Waals surface area contributed by atoms with Crippen LogP contribution in [-0.4, -0.2) is 30.3 Å². The topological polar surface area (TPSA) is 20.3 Å². The van der Waals surface area contributed by atoms with Gasteiger partial charge in [0.05, 0.1) is 0 Å². The first-order chi connectivity index (χ1) is 5.68. The molecule has 0 aromatic rings. The van der Waals surface area contributed by atoms with Crippen LogP contribution < -0.4 is 0 Å². The monoisotopic (exact) mass is 193 g/mol. The lowest BCUT2D eigenvalue weighted by molar-refractivity contribution is -0.145. The molecule has 0 rings (SSSR count). The Labute approximate surface area is 77.9 Å². The van der Waals surface area contributed by atoms with E-state index in [1.807, 2.05) is 20.8 Å². The summed E-state index contributed by atoms with van der Waals surface area (Å²) in [6.45, 7) is 7.49. The van der Waals surface area contributed by atoms with E-state index in [9.17, 15) is 13.6 Å². The van der Waals surface area contributed by atoms with Crippen LogP contribution in [0.2, 0.25) is 0 Å². The van der Waals surface area contributed by atoms with Gasteiger partial charge in [0.15, 0.2) is 0 Å². The Morgan fingerprint density at radius 1 is 1.31 bits per heavy atom. The van der Waals surface area contributed by atoms with Crippen molar-refractivity contribution < 1.29 is 13.6 Å². The van der Waals surface area contributed by atoms with Crippen molar-refractivity contribution in [2.24, 2.45) is 5.41 Å². The molecule has 0 spiro atoms. The summed E-state index contributed by atoms with van der Waals surface area (Å²) in [5.41, 5.74) is -0.181. The van der Waals surface area contributed by atoms with Crippen molar-refractivity contribution in [3.05, 3.63) is 0 Å². The molecule has 0 saturated heterocycles. The van der Waals surface area contributed by atoms with Crippen LogP contribution in [0.4, 0.5) is 8.78 Å². The predicted molar refractivity (Wildman–Crippen MR) is 47.7 cm³/mol. The van der Waals surface area contributed by atoms with Crippen molar-refractivity contribution in [3.63, 3.8) is 0 Å². The molecule has 0 N–H and O–H groups in total. The maximum absolute atomic E-state index is 12.0. The first-order valence-electron chi connectivity index (χ1n) is 4.22. The fraction of sp³-hybridized carbons (Fsp3) is 0.889. The van der Waals surface area contributed by atoms with Gasteiger partial charge in [-0.1, -0.05) is 20.8 Å². The van der Waals surface area contributed by atoms with Gasteiger partial charge < -0.3 is 4.90 Å². The summed E-state index contributed by atoms with van der Waals surface area (Å²) in [4.78, 5) is 12.0. The van der Waals surface area contributed by atoms with Crippen molar-refractivity contribution in [1.29, 1.82) is 0 Å². The lowest BCUT2D eigenvalue weighted by Gasteiger charge is -2.35. The molecule has 1 amide bonds. The third-order valence-corrected chi connectivity index (χ3v) is 2.37. The highest BCUT2D eigenvalue weighted by molar-refractivity contribution is 5.79. The number of amides is 1. The average molecular weight is 193 g/mol. The zero-order chi connectivity index (χ0) is 10.8. The zero-order valence-electron chi connectivity index (χ0n) is 8.77. The van der Waals surface area contributed by atoms with Gasteiger partial charge >= 0.3 is 6.43 Å². The second-order valence-corrected chi connectivity index (χ2v) is 4.29. The molecular weight excluding hydrogens is 176 g/mol. The Hall–Kier alpha value is -0.670. The van der Waals surface area contributed by atoms with E-state index in [-0.39, 0.29) is 11.5 Å². The second kappa shape index (κ2) is 4.03. The molecule has 0 aliphatic rings. The van der Waals surface area contributed by atoms with Gasteiger partial charge in [-0.15, -0.1) is 0 Å². The van der Waals surface area contributed by atoms with E-state index in [0.717, 1.165) is 4.90 Å². The lowest BCUT2D eigenvalue weighted by atomic mass is 9.87. The molecule has 13 heavy (non-hydrogen) atoms. The third-order valence-electron chi connectivity index (χ3n) is 2.37. The van der Waals surface area contributed by atoms with Gasteiger partial charge in [-0.25, -0.2) is 0 Å². The molecule has 1 unspecified atom stereocenters. The molecule has 4 heteroatoms. The number of carbonyl (C=O) groups is 1. The van der Waals surface area contributed by atoms with Crippen molar-refractivity contribution in [2.45, 2.75) is 40.2 Å². The highest BCUT2D eigenvalue weighted by Gasteiger charge is 2.30. The van der Waals surface area contributed by atoms with Crippen LogP contribution in [-0.2, 0) is 4.79 Å². The molecule has 0 aliphatic carbocycles. The molecule has 0 fully saturated rings. The van der Waals surface area contributed by atoms with Crippen LogP contribution in [0, 0.1) is 5.41 Å². The van der Waals surface area contributed by atoms with Gasteiger partial charge in [-0.3, -0.25) is 4.79 Å². The minimum atomic E-state index is -2.91. The largest absolute Gasteiger partial charge is 0.338 e. The average Bonchev–Trinajstić information content (AvgIpc) is 1.98. The quantitative estimate of drug-likeness (QED) is 0.658. The molecule has 0 heterocycles. The van der Waals surface area contributed by atoms with E-state index in [4.69, 9.17) is 0 Å². The molecule has 0 aromatic heterocycles. The van der Waals surface area contributed by atoms with Crippen LogP contribution in [0.15, 0.2) is 0 Å². The first kappa shape index (κ1) is 12.3. The number of hydrogen-bond acceptors (Lipinski definition) is 1. The van der Waals surface area contributed by atoms with Gasteiger partial charge in [0, 0.05) is 13.1 Å². The summed E-state index contributed by atoms with van der Waals surface area (Å²) in [5.74, 6) is -1.11. The third kappa shape index (κ3) is 3.28. The Balaban J connectivity index is 4.43. The zero-order valence-corrected chi connectivity index (χ0v) is 8.77. The lowest BCUT2D eigenvalue weighted by Crippen LogP contribution is -2.45. The number of carbonyl (C=O) groups excluding carboxylic acids is 1. The molecular formula is C9H17F2NO. The van der Waals surface area contributed by atoms with Gasteiger partial charge in [0.1, 0.15) is 0 Å². The summed E-state index contributed by atoms with van der Waals surface area (Å²) in [5, 5.41) is 0. The van der Waals surface area contributed by atoms with Gasteiger partial charge in [-0.05, 0) is 12.3 Å². The first-order valence-corrected chi connectivity index (χ1v) is 4.22. The molecule has 0 bridgehead atoms. The number of hydrogen-bond donors (Lipinski definition) is 0. The summed E-state index contributed by atoms with van der Waals surface area (Å²) >= 11 is 0. The van der Waals surface area contributed by atoms with Crippen LogP contribution in [0.1, 0.15) is 27.7 Å². The van der Waals surface area contributed by atoms with Gasteiger partial charge in [0.2, 0.25) is 0 Å². The van der Waals surface area contributed by atoms with Crippen molar-refractivity contribution in [1.82, 2.24) is 4.90 Å². The van der Waals surface area contributed by atoms with Crippen LogP contribution in [0.5, 0.6) is 0 Å². The molecule has 78 valence electrons. The smallest absolute Gasteiger partial charge is 0.315 e. The standard InChI is InChI=1S/C9H17F2NO/c1-6(9(2,3)4)12(5)8(13)7(10)11/h6-7H,1-5H3. The molecule has 2 nitrogen and oxygen atoms in total. The highest BCUT2D eigenvalue weighted by Crippen LogP contribution is 2.23. The Kier molecular flexibility index (Phi) is 3.82. The van der Waals surface area contributed by atoms with Crippen molar-refractivity contribution in [3.8, 4) is 0 Å². The number of nitrogens with zero attached hydrogens (tertiary/aromatic N) is 1. The van der Waals surface area contributed by atoms with E-state index in [1.54, 1.807) is 6.92 Å². The van der Waals surface area contributed by atoms with Crippen LogP contribution in [0.25, 0.3) is 0 Å².